The predicted molar refractivity (Wildman–Crippen MR) is 89.4 cm³/mol. The molecule has 0 aliphatic heterocycles. The summed E-state index contributed by atoms with van der Waals surface area (Å²) in [4.78, 5) is 15.0. The molecule has 3 rings (SSSR count). The second-order valence-electron chi connectivity index (χ2n) is 5.38. The summed E-state index contributed by atoms with van der Waals surface area (Å²) in [5.41, 5.74) is 0.758. The molecule has 0 fully saturated rings. The molecule has 1 N–H and O–H groups in total. The van der Waals surface area contributed by atoms with Gasteiger partial charge < -0.3 is 9.64 Å². The van der Waals surface area contributed by atoms with Crippen LogP contribution in [0.25, 0.3) is 0 Å². The maximum Gasteiger partial charge on any atom is 0.274 e. The number of nitrogens with one attached hydrogen (secondary N) is 1. The SMILES string of the molecule is CN(Cc1cccs1)C(=O)c1cc(COc2ccc(F)cc2F)[nH]n1. The molecule has 0 aliphatic rings. The number of ether oxygens (including phenoxy) is 1. The Kier molecular flexibility index (Phi) is 5.08. The van der Waals surface area contributed by atoms with E-state index < -0.39 is 11.6 Å². The molecule has 1 amide bonds. The second-order valence-corrected chi connectivity index (χ2v) is 6.41. The fourth-order valence-electron chi connectivity index (χ4n) is 2.20. The van der Waals surface area contributed by atoms with E-state index >= 15 is 0 Å². The van der Waals surface area contributed by atoms with Gasteiger partial charge >= 0.3 is 0 Å². The van der Waals surface area contributed by atoms with Crippen LogP contribution in [0.5, 0.6) is 5.75 Å². The molecule has 0 atom stereocenters. The molecular formula is C17H15F2N3O2S. The van der Waals surface area contributed by atoms with E-state index in [4.69, 9.17) is 4.74 Å². The molecule has 0 saturated carbocycles. The van der Waals surface area contributed by atoms with Gasteiger partial charge in [-0.05, 0) is 29.6 Å². The van der Waals surface area contributed by atoms with E-state index in [0.29, 0.717) is 12.2 Å². The zero-order chi connectivity index (χ0) is 17.8. The lowest BCUT2D eigenvalue weighted by Gasteiger charge is -2.14. The maximum atomic E-state index is 13.5. The summed E-state index contributed by atoms with van der Waals surface area (Å²) < 4.78 is 31.7. The smallest absolute Gasteiger partial charge is 0.274 e. The number of aromatic nitrogens is 2. The van der Waals surface area contributed by atoms with Crippen molar-refractivity contribution in [2.24, 2.45) is 0 Å². The van der Waals surface area contributed by atoms with Crippen LogP contribution in [0, 0.1) is 11.6 Å². The molecule has 130 valence electrons. The van der Waals surface area contributed by atoms with Crippen molar-refractivity contribution >= 4 is 17.2 Å². The molecule has 25 heavy (non-hydrogen) atoms. The number of hydrogen-bond acceptors (Lipinski definition) is 4. The van der Waals surface area contributed by atoms with Gasteiger partial charge in [-0.2, -0.15) is 5.10 Å². The van der Waals surface area contributed by atoms with Crippen LogP contribution in [-0.2, 0) is 13.2 Å². The van der Waals surface area contributed by atoms with Crippen LogP contribution in [-0.4, -0.2) is 28.1 Å². The van der Waals surface area contributed by atoms with Crippen molar-refractivity contribution in [2.45, 2.75) is 13.2 Å². The molecule has 0 radical (unpaired) electrons. The molecule has 0 aliphatic carbocycles. The first-order chi connectivity index (χ1) is 12.0. The van der Waals surface area contributed by atoms with Crippen LogP contribution in [0.15, 0.2) is 41.8 Å². The van der Waals surface area contributed by atoms with E-state index in [-0.39, 0.29) is 24.0 Å². The lowest BCUT2D eigenvalue weighted by atomic mass is 10.3. The van der Waals surface area contributed by atoms with E-state index in [1.807, 2.05) is 17.5 Å². The Hall–Kier alpha value is -2.74. The number of nitrogens with zero attached hydrogens (tertiary/aromatic N) is 2. The van der Waals surface area contributed by atoms with Gasteiger partial charge in [-0.15, -0.1) is 11.3 Å². The van der Waals surface area contributed by atoms with Crippen molar-refractivity contribution in [2.75, 3.05) is 7.05 Å². The van der Waals surface area contributed by atoms with Crippen molar-refractivity contribution in [1.29, 1.82) is 0 Å². The van der Waals surface area contributed by atoms with Crippen LogP contribution in [0.1, 0.15) is 21.1 Å². The maximum absolute atomic E-state index is 13.5. The molecule has 2 aromatic heterocycles. The van der Waals surface area contributed by atoms with E-state index in [1.165, 1.54) is 6.07 Å². The van der Waals surface area contributed by atoms with Gasteiger partial charge in [0.25, 0.3) is 5.91 Å². The number of aromatic amines is 1. The average molecular weight is 363 g/mol. The summed E-state index contributed by atoms with van der Waals surface area (Å²) in [5, 5.41) is 8.60. The minimum Gasteiger partial charge on any atom is -0.484 e. The van der Waals surface area contributed by atoms with Gasteiger partial charge in [0.1, 0.15) is 12.4 Å². The Morgan fingerprint density at radius 2 is 2.16 bits per heavy atom. The number of halogens is 2. The van der Waals surface area contributed by atoms with Gasteiger partial charge in [0, 0.05) is 18.0 Å². The highest BCUT2D eigenvalue weighted by Crippen LogP contribution is 2.19. The third kappa shape index (κ3) is 4.21. The number of thiophene rings is 1. The zero-order valence-electron chi connectivity index (χ0n) is 13.3. The minimum atomic E-state index is -0.786. The number of hydrogen-bond donors (Lipinski definition) is 1. The Morgan fingerprint density at radius 1 is 1.32 bits per heavy atom. The first kappa shape index (κ1) is 17.1. The number of H-pyrrole nitrogens is 1. The van der Waals surface area contributed by atoms with Gasteiger partial charge in [0.15, 0.2) is 17.3 Å². The van der Waals surface area contributed by atoms with Gasteiger partial charge in [-0.25, -0.2) is 8.78 Å². The molecule has 0 unspecified atom stereocenters. The Labute approximate surface area is 146 Å². The number of rotatable bonds is 6. The first-order valence-corrected chi connectivity index (χ1v) is 8.31. The largest absolute Gasteiger partial charge is 0.484 e. The topological polar surface area (TPSA) is 58.2 Å². The summed E-state index contributed by atoms with van der Waals surface area (Å²) in [7, 11) is 1.70. The summed E-state index contributed by atoms with van der Waals surface area (Å²) >= 11 is 1.57. The zero-order valence-corrected chi connectivity index (χ0v) is 14.1. The van der Waals surface area contributed by atoms with Crippen molar-refractivity contribution < 1.29 is 18.3 Å². The van der Waals surface area contributed by atoms with Crippen molar-refractivity contribution in [3.05, 3.63) is 69.7 Å². The molecule has 3 aromatic rings. The Morgan fingerprint density at radius 3 is 2.88 bits per heavy atom. The highest BCUT2D eigenvalue weighted by Gasteiger charge is 2.16. The summed E-state index contributed by atoms with van der Waals surface area (Å²) in [6.45, 7) is 0.480. The van der Waals surface area contributed by atoms with Crippen LogP contribution >= 0.6 is 11.3 Å². The first-order valence-electron chi connectivity index (χ1n) is 7.43. The predicted octanol–water partition coefficient (Wildman–Crippen LogP) is 3.60. The van der Waals surface area contributed by atoms with E-state index in [2.05, 4.69) is 10.2 Å². The second kappa shape index (κ2) is 7.43. The van der Waals surface area contributed by atoms with Gasteiger partial charge in [-0.1, -0.05) is 6.07 Å². The highest BCUT2D eigenvalue weighted by molar-refractivity contribution is 7.09. The fraction of sp³-hybridized carbons (Fsp3) is 0.176. The van der Waals surface area contributed by atoms with Gasteiger partial charge in [0.2, 0.25) is 0 Å². The number of carbonyl (C=O) groups is 1. The molecule has 2 heterocycles. The third-order valence-electron chi connectivity index (χ3n) is 3.45. The monoisotopic (exact) mass is 363 g/mol. The van der Waals surface area contributed by atoms with E-state index in [0.717, 1.165) is 17.0 Å². The third-order valence-corrected chi connectivity index (χ3v) is 4.31. The van der Waals surface area contributed by atoms with Crippen LogP contribution in [0.2, 0.25) is 0 Å². The van der Waals surface area contributed by atoms with Crippen LogP contribution in [0.3, 0.4) is 0 Å². The average Bonchev–Trinajstić information content (AvgIpc) is 3.25. The normalized spacial score (nSPS) is 10.7. The Balaban J connectivity index is 1.60. The lowest BCUT2D eigenvalue weighted by molar-refractivity contribution is 0.0780. The lowest BCUT2D eigenvalue weighted by Crippen LogP contribution is -2.26. The van der Waals surface area contributed by atoms with Crippen molar-refractivity contribution in [3.8, 4) is 5.75 Å². The standard InChI is InChI=1S/C17H15F2N3O2S/c1-22(9-13-3-2-6-25-13)17(23)15-8-12(20-21-15)10-24-16-5-4-11(18)7-14(16)19/h2-8H,9-10H2,1H3,(H,20,21). The minimum absolute atomic E-state index is 0.0164. The number of benzene rings is 1. The quantitative estimate of drug-likeness (QED) is 0.728. The Bertz CT molecular complexity index is 865. The van der Waals surface area contributed by atoms with Crippen LogP contribution < -0.4 is 4.74 Å². The molecule has 0 spiro atoms. The molecule has 0 bridgehead atoms. The molecule has 8 heteroatoms. The van der Waals surface area contributed by atoms with Crippen molar-refractivity contribution in [1.82, 2.24) is 15.1 Å². The van der Waals surface area contributed by atoms with Gasteiger partial charge in [0.05, 0.1) is 12.2 Å². The van der Waals surface area contributed by atoms with Gasteiger partial charge in [-0.3, -0.25) is 9.89 Å². The molecule has 0 saturated heterocycles. The molecule has 5 nitrogen and oxygen atoms in total. The fourth-order valence-corrected chi connectivity index (χ4v) is 2.95. The molecular weight excluding hydrogens is 348 g/mol. The highest BCUT2D eigenvalue weighted by atomic mass is 32.1. The number of amides is 1. The summed E-state index contributed by atoms with van der Waals surface area (Å²) in [5.74, 6) is -1.76. The van der Waals surface area contributed by atoms with Crippen molar-refractivity contribution in [3.63, 3.8) is 0 Å². The molecule has 1 aromatic carbocycles. The summed E-state index contributed by atoms with van der Waals surface area (Å²) in [6.07, 6.45) is 0. The summed E-state index contributed by atoms with van der Waals surface area (Å²) in [6, 6.07) is 8.50. The number of carbonyl (C=O) groups excluding carboxylic acids is 1. The van der Waals surface area contributed by atoms with E-state index in [9.17, 15) is 13.6 Å². The van der Waals surface area contributed by atoms with E-state index in [1.54, 1.807) is 29.4 Å². The van der Waals surface area contributed by atoms with Crippen LogP contribution in [0.4, 0.5) is 8.78 Å².